The standard InChI is InChI=1S/C29H33F2N3O5Si/c1-6-38-29(36)23-15-21-26(28(35)33-23)17(2)34(16-37-11-12-40(3,4)5)27(21)20-14-19(32)8-10-24(20)39-25-9-7-18(30)13-22(25)31/h7-10,13-15H,6,11-12,16,32H2,1-5H3,(H,33,35). The molecule has 0 atom stereocenters. The van der Waals surface area contributed by atoms with Crippen molar-refractivity contribution in [1.29, 1.82) is 0 Å². The summed E-state index contributed by atoms with van der Waals surface area (Å²) in [5, 5.41) is 0.784. The number of esters is 1. The molecule has 0 spiro atoms. The molecule has 11 heteroatoms. The van der Waals surface area contributed by atoms with Gasteiger partial charge in [0.2, 0.25) is 0 Å². The third-order valence-electron chi connectivity index (χ3n) is 6.41. The number of fused-ring (bicyclic) bond motifs is 1. The molecule has 0 radical (unpaired) electrons. The van der Waals surface area contributed by atoms with Crippen molar-refractivity contribution in [3.8, 4) is 22.8 Å². The van der Waals surface area contributed by atoms with Gasteiger partial charge in [-0.3, -0.25) is 4.79 Å². The second-order valence-corrected chi connectivity index (χ2v) is 16.3. The molecule has 212 valence electrons. The lowest BCUT2D eigenvalue weighted by Crippen LogP contribution is -2.22. The van der Waals surface area contributed by atoms with E-state index in [4.69, 9.17) is 19.9 Å². The maximum Gasteiger partial charge on any atom is 0.354 e. The molecule has 0 aliphatic rings. The SMILES string of the molecule is CCOC(=O)c1cc2c(-c3cc(N)ccc3Oc3ccc(F)cc3F)n(COCC[Si](C)(C)C)c(C)c2c(=O)[nH]1. The van der Waals surface area contributed by atoms with Crippen molar-refractivity contribution < 1.29 is 27.8 Å². The molecule has 0 unspecified atom stereocenters. The van der Waals surface area contributed by atoms with Gasteiger partial charge in [0.05, 0.1) is 17.7 Å². The van der Waals surface area contributed by atoms with Crippen LogP contribution in [0.5, 0.6) is 11.5 Å². The summed E-state index contributed by atoms with van der Waals surface area (Å²) in [6.45, 7) is 11.0. The first-order valence-electron chi connectivity index (χ1n) is 12.9. The molecule has 0 saturated carbocycles. The summed E-state index contributed by atoms with van der Waals surface area (Å²) in [7, 11) is -1.36. The molecule has 0 bridgehead atoms. The average molecular weight is 570 g/mol. The molecule has 4 aromatic rings. The second-order valence-electron chi connectivity index (χ2n) is 10.7. The number of aromatic nitrogens is 2. The zero-order valence-corrected chi connectivity index (χ0v) is 24.2. The number of rotatable bonds is 10. The maximum absolute atomic E-state index is 14.5. The first kappa shape index (κ1) is 29.0. The molecule has 8 nitrogen and oxygen atoms in total. The van der Waals surface area contributed by atoms with Crippen LogP contribution in [0.4, 0.5) is 14.5 Å². The summed E-state index contributed by atoms with van der Waals surface area (Å²) in [5.74, 6) is -2.28. The number of carbonyl (C=O) groups is 1. The molecular weight excluding hydrogens is 536 g/mol. The van der Waals surface area contributed by atoms with E-state index in [0.717, 1.165) is 18.2 Å². The lowest BCUT2D eigenvalue weighted by molar-refractivity contribution is 0.0519. The Balaban J connectivity index is 1.93. The Morgan fingerprint density at radius 3 is 2.48 bits per heavy atom. The van der Waals surface area contributed by atoms with Gasteiger partial charge in [-0.25, -0.2) is 13.6 Å². The van der Waals surface area contributed by atoms with Gasteiger partial charge in [0, 0.05) is 43.1 Å². The Kier molecular flexibility index (Phi) is 8.45. The summed E-state index contributed by atoms with van der Waals surface area (Å²) in [6, 6.07) is 10.3. The Bertz CT molecular complexity index is 1620. The van der Waals surface area contributed by atoms with E-state index in [1.807, 2.05) is 4.57 Å². The molecular formula is C29H33F2N3O5Si. The lowest BCUT2D eigenvalue weighted by atomic mass is 10.0. The van der Waals surface area contributed by atoms with Crippen molar-refractivity contribution >= 4 is 30.5 Å². The number of benzene rings is 2. The van der Waals surface area contributed by atoms with Crippen LogP contribution in [0.2, 0.25) is 25.7 Å². The summed E-state index contributed by atoms with van der Waals surface area (Å²) >= 11 is 0. The van der Waals surface area contributed by atoms with Crippen LogP contribution in [-0.2, 0) is 16.2 Å². The minimum absolute atomic E-state index is 0.0200. The molecule has 0 saturated heterocycles. The van der Waals surface area contributed by atoms with Gasteiger partial charge in [-0.1, -0.05) is 19.6 Å². The summed E-state index contributed by atoms with van der Waals surface area (Å²) < 4.78 is 47.0. The van der Waals surface area contributed by atoms with E-state index in [0.29, 0.717) is 40.0 Å². The summed E-state index contributed by atoms with van der Waals surface area (Å²) in [5.41, 5.74) is 7.57. The number of aryl methyl sites for hydroxylation is 1. The van der Waals surface area contributed by atoms with E-state index in [9.17, 15) is 18.4 Å². The predicted molar refractivity (Wildman–Crippen MR) is 154 cm³/mol. The third kappa shape index (κ3) is 6.26. The largest absolute Gasteiger partial charge is 0.461 e. The molecule has 0 fully saturated rings. The van der Waals surface area contributed by atoms with Crippen LogP contribution in [0, 0.1) is 18.6 Å². The Morgan fingerprint density at radius 2 is 1.80 bits per heavy atom. The normalized spacial score (nSPS) is 11.7. The van der Waals surface area contributed by atoms with Crippen LogP contribution >= 0.6 is 0 Å². The van der Waals surface area contributed by atoms with E-state index in [1.165, 1.54) is 6.07 Å². The van der Waals surface area contributed by atoms with Crippen LogP contribution in [-0.4, -0.2) is 36.8 Å². The summed E-state index contributed by atoms with van der Waals surface area (Å²) in [6.07, 6.45) is 0. The van der Waals surface area contributed by atoms with Gasteiger partial charge < -0.3 is 29.5 Å². The minimum Gasteiger partial charge on any atom is -0.461 e. The van der Waals surface area contributed by atoms with Gasteiger partial charge in [-0.15, -0.1) is 0 Å². The number of nitrogens with two attached hydrogens (primary N) is 1. The van der Waals surface area contributed by atoms with Gasteiger partial charge in [0.1, 0.15) is 24.0 Å². The molecule has 3 N–H and O–H groups in total. The van der Waals surface area contributed by atoms with Crippen molar-refractivity contribution in [2.24, 2.45) is 0 Å². The number of carbonyl (C=O) groups excluding carboxylic acids is 1. The van der Waals surface area contributed by atoms with E-state index in [2.05, 4.69) is 24.6 Å². The lowest BCUT2D eigenvalue weighted by Gasteiger charge is -2.19. The first-order valence-corrected chi connectivity index (χ1v) is 16.6. The zero-order chi connectivity index (χ0) is 29.2. The van der Waals surface area contributed by atoms with E-state index in [1.54, 1.807) is 38.1 Å². The highest BCUT2D eigenvalue weighted by Gasteiger charge is 2.24. The summed E-state index contributed by atoms with van der Waals surface area (Å²) in [4.78, 5) is 28.4. The monoisotopic (exact) mass is 569 g/mol. The highest BCUT2D eigenvalue weighted by Crippen LogP contribution is 2.41. The fourth-order valence-corrected chi connectivity index (χ4v) is 5.11. The predicted octanol–water partition coefficient (Wildman–Crippen LogP) is 6.45. The smallest absolute Gasteiger partial charge is 0.354 e. The van der Waals surface area contributed by atoms with E-state index >= 15 is 0 Å². The zero-order valence-electron chi connectivity index (χ0n) is 23.2. The molecule has 2 aromatic carbocycles. The Labute approximate surface area is 231 Å². The van der Waals surface area contributed by atoms with Crippen molar-refractivity contribution in [3.63, 3.8) is 0 Å². The van der Waals surface area contributed by atoms with Crippen LogP contribution in [0.25, 0.3) is 22.0 Å². The molecule has 2 heterocycles. The number of aromatic amines is 1. The number of hydrogen-bond acceptors (Lipinski definition) is 6. The van der Waals surface area contributed by atoms with E-state index in [-0.39, 0.29) is 30.5 Å². The van der Waals surface area contributed by atoms with Crippen LogP contribution in [0.15, 0.2) is 47.3 Å². The van der Waals surface area contributed by atoms with E-state index < -0.39 is 31.2 Å². The van der Waals surface area contributed by atoms with Gasteiger partial charge in [0.15, 0.2) is 11.6 Å². The average Bonchev–Trinajstić information content (AvgIpc) is 3.15. The number of H-pyrrole nitrogens is 1. The maximum atomic E-state index is 14.5. The second kappa shape index (κ2) is 11.6. The van der Waals surface area contributed by atoms with Crippen molar-refractivity contribution in [3.05, 3.63) is 75.8 Å². The number of nitrogens with one attached hydrogen (secondary N) is 1. The Hall–Kier alpha value is -3.96. The molecule has 0 aliphatic carbocycles. The van der Waals surface area contributed by atoms with Crippen LogP contribution in [0.1, 0.15) is 23.1 Å². The molecule has 0 aliphatic heterocycles. The van der Waals surface area contributed by atoms with Gasteiger partial charge >= 0.3 is 5.97 Å². The number of pyridine rings is 1. The molecule has 40 heavy (non-hydrogen) atoms. The first-order chi connectivity index (χ1) is 18.9. The topological polar surface area (TPSA) is 109 Å². The molecule has 0 amide bonds. The van der Waals surface area contributed by atoms with Gasteiger partial charge in [0.25, 0.3) is 5.56 Å². The number of hydrogen-bond donors (Lipinski definition) is 2. The van der Waals surface area contributed by atoms with Crippen LogP contribution in [0.3, 0.4) is 0 Å². The fraction of sp³-hybridized carbons (Fsp3) is 0.310. The highest BCUT2D eigenvalue weighted by molar-refractivity contribution is 6.76. The number of nitrogen functional groups attached to an aromatic ring is 1. The fourth-order valence-electron chi connectivity index (χ4n) is 4.36. The molecule has 2 aromatic heterocycles. The number of nitrogens with zero attached hydrogens (tertiary/aromatic N) is 1. The minimum atomic E-state index is -1.36. The van der Waals surface area contributed by atoms with Gasteiger partial charge in [-0.2, -0.15) is 0 Å². The third-order valence-corrected chi connectivity index (χ3v) is 8.11. The number of anilines is 1. The van der Waals surface area contributed by atoms with Crippen LogP contribution < -0.4 is 16.0 Å². The Morgan fingerprint density at radius 1 is 1.07 bits per heavy atom. The van der Waals surface area contributed by atoms with Crippen molar-refractivity contribution in [2.45, 2.75) is 46.3 Å². The number of ether oxygens (including phenoxy) is 3. The number of halogens is 2. The highest BCUT2D eigenvalue weighted by atomic mass is 28.3. The quantitative estimate of drug-likeness (QED) is 0.0984. The van der Waals surface area contributed by atoms with Crippen molar-refractivity contribution in [2.75, 3.05) is 18.9 Å². The van der Waals surface area contributed by atoms with Gasteiger partial charge in [-0.05, 0) is 56.3 Å². The molecule has 4 rings (SSSR count). The van der Waals surface area contributed by atoms with Crippen molar-refractivity contribution in [1.82, 2.24) is 9.55 Å².